The molecule has 0 spiro atoms. The van der Waals surface area contributed by atoms with Gasteiger partial charge in [-0.05, 0) is 35.9 Å². The monoisotopic (exact) mass is 505 g/mol. The van der Waals surface area contributed by atoms with Crippen molar-refractivity contribution in [2.45, 2.75) is 18.9 Å². The Labute approximate surface area is 202 Å². The molecule has 4 aromatic rings. The van der Waals surface area contributed by atoms with E-state index in [1.54, 1.807) is 4.90 Å². The minimum absolute atomic E-state index is 0.128. The number of benzene rings is 2. The normalized spacial score (nSPS) is 15.1. The molecule has 1 fully saturated rings. The zero-order chi connectivity index (χ0) is 25.5. The fourth-order valence-corrected chi connectivity index (χ4v) is 4.45. The summed E-state index contributed by atoms with van der Waals surface area (Å²) in [6.45, 7) is 1.55. The van der Waals surface area contributed by atoms with Crippen molar-refractivity contribution in [3.05, 3.63) is 83.6 Å². The Kier molecular flexibility index (Phi) is 6.01. The molecule has 0 N–H and O–H groups in total. The molecule has 36 heavy (non-hydrogen) atoms. The fraction of sp³-hybridized carbons (Fsp3) is 0.280. The molecule has 2 aromatic heterocycles. The van der Waals surface area contributed by atoms with E-state index in [-0.39, 0.29) is 24.4 Å². The van der Waals surface area contributed by atoms with Gasteiger partial charge in [-0.25, -0.2) is 9.97 Å². The number of pyridine rings is 1. The number of aromatic nitrogens is 3. The molecule has 3 heterocycles. The van der Waals surface area contributed by atoms with Gasteiger partial charge in [0.05, 0.1) is 28.7 Å². The maximum Gasteiger partial charge on any atom is 0.419 e. The summed E-state index contributed by atoms with van der Waals surface area (Å²) in [6, 6.07) is 15.2. The third-order valence-corrected chi connectivity index (χ3v) is 6.19. The fourth-order valence-electron chi connectivity index (χ4n) is 4.45. The molecule has 0 unspecified atom stereocenters. The number of alkyl halides is 6. The first-order chi connectivity index (χ1) is 17.1. The molecule has 5 nitrogen and oxygen atoms in total. The molecule has 1 saturated heterocycles. The second-order valence-electron chi connectivity index (χ2n) is 8.53. The minimum atomic E-state index is -4.53. The second-order valence-corrected chi connectivity index (χ2v) is 8.53. The lowest BCUT2D eigenvalue weighted by Gasteiger charge is -2.37. The molecule has 11 heteroatoms. The zero-order valence-corrected chi connectivity index (χ0v) is 18.9. The molecule has 1 aliphatic rings. The van der Waals surface area contributed by atoms with E-state index < -0.39 is 23.5 Å². The Balaban J connectivity index is 1.47. The molecule has 0 saturated carbocycles. The van der Waals surface area contributed by atoms with E-state index >= 15 is 0 Å². The summed E-state index contributed by atoms with van der Waals surface area (Å²) in [7, 11) is 0. The second kappa shape index (κ2) is 9.03. The molecule has 5 rings (SSSR count). The number of fused-ring (bicyclic) bond motifs is 1. The molecule has 188 valence electrons. The van der Waals surface area contributed by atoms with Gasteiger partial charge in [-0.15, -0.1) is 0 Å². The van der Waals surface area contributed by atoms with Crippen molar-refractivity contribution >= 4 is 22.8 Å². The van der Waals surface area contributed by atoms with Crippen molar-refractivity contribution in [3.8, 4) is 0 Å². The van der Waals surface area contributed by atoms with Crippen LogP contribution in [-0.2, 0) is 18.9 Å². The number of rotatable bonds is 4. The number of halogens is 6. The molecular weight excluding hydrogens is 484 g/mol. The molecule has 0 radical (unpaired) electrons. The van der Waals surface area contributed by atoms with Gasteiger partial charge in [0.25, 0.3) is 0 Å². The van der Waals surface area contributed by atoms with Crippen LogP contribution in [0.15, 0.2) is 66.9 Å². The van der Waals surface area contributed by atoms with Gasteiger partial charge in [-0.2, -0.15) is 26.3 Å². The predicted molar refractivity (Wildman–Crippen MR) is 124 cm³/mol. The maximum atomic E-state index is 13.5. The summed E-state index contributed by atoms with van der Waals surface area (Å²) >= 11 is 0. The topological polar surface area (TPSA) is 37.2 Å². The van der Waals surface area contributed by atoms with Crippen LogP contribution in [0.3, 0.4) is 0 Å². The van der Waals surface area contributed by atoms with E-state index in [0.29, 0.717) is 31.1 Å². The number of nitrogens with zero attached hydrogens (tertiary/aromatic N) is 5. The largest absolute Gasteiger partial charge is 0.419 e. The van der Waals surface area contributed by atoms with Gasteiger partial charge in [-0.1, -0.05) is 30.3 Å². The molecule has 1 aliphatic heterocycles. The first-order valence-corrected chi connectivity index (χ1v) is 11.2. The molecule has 0 aliphatic carbocycles. The van der Waals surface area contributed by atoms with Gasteiger partial charge in [0.1, 0.15) is 5.82 Å². The Morgan fingerprint density at radius 2 is 1.44 bits per heavy atom. The van der Waals surface area contributed by atoms with Gasteiger partial charge in [-0.3, -0.25) is 0 Å². The van der Waals surface area contributed by atoms with Crippen molar-refractivity contribution in [2.24, 2.45) is 0 Å². The van der Waals surface area contributed by atoms with E-state index in [0.717, 1.165) is 23.8 Å². The quantitative estimate of drug-likeness (QED) is 0.327. The van der Waals surface area contributed by atoms with Crippen LogP contribution >= 0.6 is 0 Å². The van der Waals surface area contributed by atoms with Gasteiger partial charge < -0.3 is 14.4 Å². The standard InChI is InChI=1S/C25H21F6N5/c26-24(27,28)18-8-9-21-20(15-18)33-23(36(21)16-17-5-2-1-3-6-17)35-13-11-34(12-14-35)22-19(25(29,30)31)7-4-10-32-22/h1-10,15H,11-14,16H2. The summed E-state index contributed by atoms with van der Waals surface area (Å²) in [4.78, 5) is 12.0. The van der Waals surface area contributed by atoms with Gasteiger partial charge in [0.15, 0.2) is 0 Å². The van der Waals surface area contributed by atoms with E-state index in [1.807, 2.05) is 39.8 Å². The smallest absolute Gasteiger partial charge is 0.353 e. The molecule has 0 bridgehead atoms. The average molecular weight is 505 g/mol. The molecule has 0 atom stereocenters. The molecule has 2 aromatic carbocycles. The minimum Gasteiger partial charge on any atom is -0.353 e. The Bertz CT molecular complexity index is 1360. The van der Waals surface area contributed by atoms with E-state index in [4.69, 9.17) is 0 Å². The summed E-state index contributed by atoms with van der Waals surface area (Å²) in [6.07, 6.45) is -7.70. The predicted octanol–water partition coefficient (Wildman–Crippen LogP) is 5.84. The van der Waals surface area contributed by atoms with E-state index in [2.05, 4.69) is 9.97 Å². The van der Waals surface area contributed by atoms with Crippen molar-refractivity contribution in [1.29, 1.82) is 0 Å². The van der Waals surface area contributed by atoms with Crippen LogP contribution in [0.2, 0.25) is 0 Å². The van der Waals surface area contributed by atoms with Crippen LogP contribution in [-0.4, -0.2) is 40.7 Å². The summed E-state index contributed by atoms with van der Waals surface area (Å²) in [5.74, 6) is 0.349. The van der Waals surface area contributed by atoms with Crippen molar-refractivity contribution < 1.29 is 26.3 Å². The van der Waals surface area contributed by atoms with Crippen LogP contribution in [0.25, 0.3) is 11.0 Å². The number of hydrogen-bond acceptors (Lipinski definition) is 4. The first-order valence-electron chi connectivity index (χ1n) is 11.2. The van der Waals surface area contributed by atoms with Crippen LogP contribution in [0.1, 0.15) is 16.7 Å². The number of anilines is 2. The Hall–Kier alpha value is -3.76. The number of hydrogen-bond donors (Lipinski definition) is 0. The van der Waals surface area contributed by atoms with Gasteiger partial charge in [0, 0.05) is 32.4 Å². The van der Waals surface area contributed by atoms with Crippen LogP contribution < -0.4 is 9.80 Å². The van der Waals surface area contributed by atoms with Crippen LogP contribution in [0.5, 0.6) is 0 Å². The molecular formula is C25H21F6N5. The van der Waals surface area contributed by atoms with Crippen molar-refractivity contribution in [2.75, 3.05) is 36.0 Å². The van der Waals surface area contributed by atoms with Crippen molar-refractivity contribution in [3.63, 3.8) is 0 Å². The Morgan fingerprint density at radius 1 is 0.750 bits per heavy atom. The summed E-state index contributed by atoms with van der Waals surface area (Å²) < 4.78 is 82.2. The van der Waals surface area contributed by atoms with Crippen LogP contribution in [0, 0.1) is 0 Å². The third kappa shape index (κ3) is 4.69. The highest BCUT2D eigenvalue weighted by Gasteiger charge is 2.37. The molecule has 0 amide bonds. The third-order valence-electron chi connectivity index (χ3n) is 6.19. The number of piperazine rings is 1. The highest BCUT2D eigenvalue weighted by molar-refractivity contribution is 5.80. The van der Waals surface area contributed by atoms with E-state index in [9.17, 15) is 26.3 Å². The SMILES string of the molecule is FC(F)(F)c1ccc2c(c1)nc(N1CCN(c3ncccc3C(F)(F)F)CC1)n2Cc1ccccc1. The lowest BCUT2D eigenvalue weighted by Crippen LogP contribution is -2.48. The van der Waals surface area contributed by atoms with Crippen LogP contribution in [0.4, 0.5) is 38.1 Å². The van der Waals surface area contributed by atoms with Gasteiger partial charge in [0.2, 0.25) is 5.95 Å². The van der Waals surface area contributed by atoms with Gasteiger partial charge >= 0.3 is 12.4 Å². The summed E-state index contributed by atoms with van der Waals surface area (Å²) in [5.41, 5.74) is 0.121. The lowest BCUT2D eigenvalue weighted by molar-refractivity contribution is -0.138. The van der Waals surface area contributed by atoms with E-state index in [1.165, 1.54) is 18.3 Å². The van der Waals surface area contributed by atoms with Crippen molar-refractivity contribution in [1.82, 2.24) is 14.5 Å². The first kappa shape index (κ1) is 24.0. The average Bonchev–Trinajstić information content (AvgIpc) is 3.21. The number of imidazole rings is 1. The summed E-state index contributed by atoms with van der Waals surface area (Å²) in [5, 5.41) is 0. The maximum absolute atomic E-state index is 13.5. The lowest BCUT2D eigenvalue weighted by atomic mass is 10.2. The highest BCUT2D eigenvalue weighted by Crippen LogP contribution is 2.36. The zero-order valence-electron chi connectivity index (χ0n) is 18.9. The Morgan fingerprint density at radius 3 is 2.11 bits per heavy atom. The highest BCUT2D eigenvalue weighted by atomic mass is 19.4.